The first kappa shape index (κ1) is 11.4. The van der Waals surface area contributed by atoms with E-state index < -0.39 is 0 Å². The lowest BCUT2D eigenvalue weighted by atomic mass is 10.0. The number of aromatic nitrogens is 1. The Hall–Kier alpha value is -2.09. The quantitative estimate of drug-likeness (QED) is 0.845. The number of benzene rings is 1. The molecule has 0 radical (unpaired) electrons. The number of aryl methyl sites for hydroxylation is 1. The maximum atomic E-state index is 5.76. The normalized spacial score (nSPS) is 10.9. The first-order chi connectivity index (χ1) is 8.20. The van der Waals surface area contributed by atoms with E-state index in [1.807, 2.05) is 31.2 Å². The van der Waals surface area contributed by atoms with Crippen LogP contribution in [0.1, 0.15) is 18.1 Å². The van der Waals surface area contributed by atoms with Gasteiger partial charge in [0.25, 0.3) is 0 Å². The molecule has 17 heavy (non-hydrogen) atoms. The topological polar surface area (TPSA) is 38.9 Å². The van der Waals surface area contributed by atoms with Crippen molar-refractivity contribution in [2.45, 2.75) is 13.8 Å². The van der Waals surface area contributed by atoms with Crippen LogP contribution in [0.5, 0.6) is 0 Å². The van der Waals surface area contributed by atoms with Crippen LogP contribution < -0.4 is 5.73 Å². The van der Waals surface area contributed by atoms with Crippen molar-refractivity contribution in [3.05, 3.63) is 53.6 Å². The molecular weight excluding hydrogens is 208 g/mol. The van der Waals surface area contributed by atoms with Crippen molar-refractivity contribution in [1.82, 2.24) is 4.98 Å². The van der Waals surface area contributed by atoms with E-state index in [9.17, 15) is 0 Å². The fraction of sp³-hybridized carbons (Fsp3) is 0.133. The van der Waals surface area contributed by atoms with Gasteiger partial charge in [-0.3, -0.25) is 0 Å². The lowest BCUT2D eigenvalue weighted by Crippen LogP contribution is -1.94. The molecule has 0 saturated carbocycles. The fourth-order valence-electron chi connectivity index (χ4n) is 1.74. The number of anilines is 1. The molecule has 2 rings (SSSR count). The Balaban J connectivity index is 2.56. The minimum Gasteiger partial charge on any atom is -0.384 e. The highest BCUT2D eigenvalue weighted by Crippen LogP contribution is 2.24. The van der Waals surface area contributed by atoms with Crippen molar-refractivity contribution < 1.29 is 0 Å². The minimum absolute atomic E-state index is 0.550. The van der Waals surface area contributed by atoms with Crippen LogP contribution in [-0.4, -0.2) is 4.98 Å². The average molecular weight is 224 g/mol. The van der Waals surface area contributed by atoms with Crippen molar-refractivity contribution in [2.75, 3.05) is 5.73 Å². The summed E-state index contributed by atoms with van der Waals surface area (Å²) >= 11 is 0. The molecule has 0 fully saturated rings. The summed E-state index contributed by atoms with van der Waals surface area (Å²) in [7, 11) is 0. The van der Waals surface area contributed by atoms with Gasteiger partial charge >= 0.3 is 0 Å². The first-order valence-electron chi connectivity index (χ1n) is 5.67. The largest absolute Gasteiger partial charge is 0.384 e. The van der Waals surface area contributed by atoms with Gasteiger partial charge in [0.1, 0.15) is 5.82 Å². The highest BCUT2D eigenvalue weighted by Gasteiger charge is 2.05. The molecule has 0 saturated heterocycles. The van der Waals surface area contributed by atoms with E-state index in [0.29, 0.717) is 5.82 Å². The molecule has 0 aliphatic rings. The van der Waals surface area contributed by atoms with Crippen LogP contribution in [0.15, 0.2) is 42.5 Å². The van der Waals surface area contributed by atoms with Crippen LogP contribution in [0.3, 0.4) is 0 Å². The number of allylic oxidation sites excluding steroid dienone is 1. The number of rotatable bonds is 2. The standard InChI is InChI=1S/C15H16N2/c1-3-4-12-9-10-14(16)17-15(12)13-7-5-11(2)6-8-13/h3-10H,1-2H3,(H2,16,17)/b4-3+. The van der Waals surface area contributed by atoms with Crippen molar-refractivity contribution in [3.63, 3.8) is 0 Å². The summed E-state index contributed by atoms with van der Waals surface area (Å²) in [4.78, 5) is 4.42. The number of hydrogen-bond acceptors (Lipinski definition) is 2. The highest BCUT2D eigenvalue weighted by molar-refractivity contribution is 5.73. The van der Waals surface area contributed by atoms with E-state index in [1.54, 1.807) is 0 Å². The molecule has 2 nitrogen and oxygen atoms in total. The second-order valence-electron chi connectivity index (χ2n) is 4.04. The molecular formula is C15H16N2. The summed E-state index contributed by atoms with van der Waals surface area (Å²) in [5.41, 5.74) is 10.1. The Kier molecular flexibility index (Phi) is 3.24. The molecule has 0 atom stereocenters. The van der Waals surface area contributed by atoms with Gasteiger partial charge < -0.3 is 5.73 Å². The van der Waals surface area contributed by atoms with E-state index in [1.165, 1.54) is 5.56 Å². The van der Waals surface area contributed by atoms with Gasteiger partial charge in [-0.05, 0) is 26.0 Å². The first-order valence-corrected chi connectivity index (χ1v) is 5.67. The Morgan fingerprint density at radius 1 is 1.06 bits per heavy atom. The molecule has 2 N–H and O–H groups in total. The zero-order valence-corrected chi connectivity index (χ0v) is 10.1. The predicted molar refractivity (Wildman–Crippen MR) is 73.5 cm³/mol. The van der Waals surface area contributed by atoms with Crippen LogP contribution in [0, 0.1) is 6.92 Å². The third-order valence-electron chi connectivity index (χ3n) is 2.62. The van der Waals surface area contributed by atoms with E-state index in [0.717, 1.165) is 16.8 Å². The van der Waals surface area contributed by atoms with Gasteiger partial charge in [0.15, 0.2) is 0 Å². The Bertz CT molecular complexity index is 539. The minimum atomic E-state index is 0.550. The number of nitrogens with two attached hydrogens (primary N) is 1. The summed E-state index contributed by atoms with van der Waals surface area (Å²) in [5, 5.41) is 0. The highest BCUT2D eigenvalue weighted by atomic mass is 14.8. The number of nitrogens with zero attached hydrogens (tertiary/aromatic N) is 1. The number of hydrogen-bond donors (Lipinski definition) is 1. The third-order valence-corrected chi connectivity index (χ3v) is 2.62. The van der Waals surface area contributed by atoms with Crippen LogP contribution in [0.2, 0.25) is 0 Å². The second-order valence-corrected chi connectivity index (χ2v) is 4.04. The van der Waals surface area contributed by atoms with E-state index in [-0.39, 0.29) is 0 Å². The zero-order valence-electron chi connectivity index (χ0n) is 10.1. The fourth-order valence-corrected chi connectivity index (χ4v) is 1.74. The Labute approximate surface area is 102 Å². The maximum absolute atomic E-state index is 5.76. The van der Waals surface area contributed by atoms with Crippen molar-refractivity contribution >= 4 is 11.9 Å². The molecule has 2 heteroatoms. The van der Waals surface area contributed by atoms with Gasteiger partial charge in [-0.25, -0.2) is 4.98 Å². The number of nitrogen functional groups attached to an aromatic ring is 1. The van der Waals surface area contributed by atoms with Gasteiger partial charge in [0, 0.05) is 11.1 Å². The van der Waals surface area contributed by atoms with Gasteiger partial charge in [0.2, 0.25) is 0 Å². The lowest BCUT2D eigenvalue weighted by Gasteiger charge is -2.07. The summed E-state index contributed by atoms with van der Waals surface area (Å²) < 4.78 is 0. The zero-order chi connectivity index (χ0) is 12.3. The lowest BCUT2D eigenvalue weighted by molar-refractivity contribution is 1.32. The van der Waals surface area contributed by atoms with E-state index >= 15 is 0 Å². The average Bonchev–Trinajstić information content (AvgIpc) is 2.33. The molecule has 1 aromatic carbocycles. The summed E-state index contributed by atoms with van der Waals surface area (Å²) in [5.74, 6) is 0.550. The molecule has 86 valence electrons. The Morgan fingerprint density at radius 2 is 1.76 bits per heavy atom. The van der Waals surface area contributed by atoms with Crippen molar-refractivity contribution in [3.8, 4) is 11.3 Å². The third kappa shape index (κ3) is 2.53. The van der Waals surface area contributed by atoms with Crippen molar-refractivity contribution in [2.24, 2.45) is 0 Å². The summed E-state index contributed by atoms with van der Waals surface area (Å²) in [6.45, 7) is 4.07. The second kappa shape index (κ2) is 4.83. The molecule has 0 aliphatic heterocycles. The Morgan fingerprint density at radius 3 is 2.41 bits per heavy atom. The summed E-state index contributed by atoms with van der Waals surface area (Å²) in [6, 6.07) is 12.1. The van der Waals surface area contributed by atoms with Gasteiger partial charge in [-0.15, -0.1) is 0 Å². The molecule has 0 bridgehead atoms. The smallest absolute Gasteiger partial charge is 0.124 e. The molecule has 1 aromatic heterocycles. The van der Waals surface area contributed by atoms with Gasteiger partial charge in [-0.1, -0.05) is 42.0 Å². The number of pyridine rings is 1. The SMILES string of the molecule is C/C=C/c1ccc(N)nc1-c1ccc(C)cc1. The van der Waals surface area contributed by atoms with Crippen LogP contribution >= 0.6 is 0 Å². The monoisotopic (exact) mass is 224 g/mol. The molecule has 0 spiro atoms. The molecule has 1 heterocycles. The van der Waals surface area contributed by atoms with Crippen molar-refractivity contribution in [1.29, 1.82) is 0 Å². The van der Waals surface area contributed by atoms with Crippen LogP contribution in [0.25, 0.3) is 17.3 Å². The molecule has 0 unspecified atom stereocenters. The molecule has 0 aliphatic carbocycles. The predicted octanol–water partition coefficient (Wildman–Crippen LogP) is 3.67. The maximum Gasteiger partial charge on any atom is 0.124 e. The molecule has 2 aromatic rings. The summed E-state index contributed by atoms with van der Waals surface area (Å²) in [6.07, 6.45) is 4.05. The van der Waals surface area contributed by atoms with E-state index in [2.05, 4.69) is 36.2 Å². The van der Waals surface area contributed by atoms with Crippen LogP contribution in [0.4, 0.5) is 5.82 Å². The van der Waals surface area contributed by atoms with Gasteiger partial charge in [0.05, 0.1) is 5.69 Å². The van der Waals surface area contributed by atoms with Crippen LogP contribution in [-0.2, 0) is 0 Å². The molecule has 0 amide bonds. The van der Waals surface area contributed by atoms with E-state index in [4.69, 9.17) is 5.73 Å². The van der Waals surface area contributed by atoms with Gasteiger partial charge in [-0.2, -0.15) is 0 Å².